The Labute approximate surface area is 57.5 Å². The van der Waals surface area contributed by atoms with Crippen LogP contribution in [0.5, 0.6) is 0 Å². The fourth-order valence-electron chi connectivity index (χ4n) is 0.965. The highest BCUT2D eigenvalue weighted by Crippen LogP contribution is 2.11. The van der Waals surface area contributed by atoms with Crippen LogP contribution in [0.4, 0.5) is 4.39 Å². The molecule has 1 nitrogen and oxygen atoms in total. The molecule has 0 fully saturated rings. The van der Waals surface area contributed by atoms with Crippen LogP contribution in [-0.4, -0.2) is 4.98 Å². The molecule has 0 amide bonds. The van der Waals surface area contributed by atoms with Crippen LogP contribution in [0.15, 0.2) is 24.4 Å². The van der Waals surface area contributed by atoms with E-state index in [-0.39, 0.29) is 5.82 Å². The van der Waals surface area contributed by atoms with Crippen molar-refractivity contribution in [3.05, 3.63) is 36.3 Å². The molecular weight excluding hydrogens is 129 g/mol. The molecule has 1 N–H and O–H groups in total. The van der Waals surface area contributed by atoms with Gasteiger partial charge < -0.3 is 4.98 Å². The number of hydrogen-bond donors (Lipinski definition) is 1. The summed E-state index contributed by atoms with van der Waals surface area (Å²) in [6.07, 6.45) is 1.78. The van der Waals surface area contributed by atoms with Gasteiger partial charge in [-0.1, -0.05) is 0 Å². The third-order valence-electron chi connectivity index (χ3n) is 1.45. The quantitative estimate of drug-likeness (QED) is 0.568. The highest BCUT2D eigenvalue weighted by molar-refractivity contribution is 5.78. The zero-order chi connectivity index (χ0) is 6.97. The Morgan fingerprint density at radius 3 is 3.30 bits per heavy atom. The van der Waals surface area contributed by atoms with Crippen molar-refractivity contribution in [2.45, 2.75) is 0 Å². The summed E-state index contributed by atoms with van der Waals surface area (Å²) in [5.74, 6) is -0.313. The molecule has 0 aliphatic carbocycles. The second-order valence-corrected chi connectivity index (χ2v) is 2.13. The lowest BCUT2D eigenvalue weighted by Crippen LogP contribution is -1.71. The van der Waals surface area contributed by atoms with E-state index in [4.69, 9.17) is 0 Å². The highest BCUT2D eigenvalue weighted by atomic mass is 19.1. The summed E-state index contributed by atoms with van der Waals surface area (Å²) in [5, 5.41) is 0.885. The first-order chi connectivity index (χ1) is 4.86. The fraction of sp³-hybridized carbons (Fsp3) is 0. The Bertz CT molecular complexity index is 351. The predicted molar refractivity (Wildman–Crippen MR) is 37.1 cm³/mol. The lowest BCUT2D eigenvalue weighted by Gasteiger charge is -1.86. The van der Waals surface area contributed by atoms with Gasteiger partial charge in [0.2, 0.25) is 0 Å². The number of nitrogens with one attached hydrogen (secondary N) is 1. The maximum absolute atomic E-state index is 12.4. The smallest absolute Gasteiger partial charge is 0.131 e. The van der Waals surface area contributed by atoms with Gasteiger partial charge in [0.05, 0.1) is 0 Å². The van der Waals surface area contributed by atoms with E-state index in [9.17, 15) is 4.39 Å². The first-order valence-corrected chi connectivity index (χ1v) is 3.00. The van der Waals surface area contributed by atoms with Crippen LogP contribution in [0.2, 0.25) is 0 Å². The zero-order valence-corrected chi connectivity index (χ0v) is 5.19. The summed E-state index contributed by atoms with van der Waals surface area (Å²) < 4.78 is 12.4. The summed E-state index contributed by atoms with van der Waals surface area (Å²) >= 11 is 0. The van der Waals surface area contributed by atoms with E-state index >= 15 is 0 Å². The average Bonchev–Trinajstić information content (AvgIpc) is 2.33. The lowest BCUT2D eigenvalue weighted by molar-refractivity contribution is 0.627. The largest absolute Gasteiger partial charge is 0.361 e. The van der Waals surface area contributed by atoms with Crippen molar-refractivity contribution < 1.29 is 4.39 Å². The third kappa shape index (κ3) is 0.692. The molecule has 1 radical (unpaired) electrons. The summed E-state index contributed by atoms with van der Waals surface area (Å²) in [6, 6.07) is 7.34. The van der Waals surface area contributed by atoms with E-state index in [1.165, 1.54) is 6.07 Å². The fourth-order valence-corrected chi connectivity index (χ4v) is 0.965. The van der Waals surface area contributed by atoms with Crippen LogP contribution in [-0.2, 0) is 0 Å². The van der Waals surface area contributed by atoms with Gasteiger partial charge in [-0.05, 0) is 18.2 Å². The van der Waals surface area contributed by atoms with Gasteiger partial charge in [-0.25, -0.2) is 4.39 Å². The first kappa shape index (κ1) is 5.47. The molecule has 0 bridgehead atoms. The minimum absolute atomic E-state index is 0.313. The lowest BCUT2D eigenvalue weighted by atomic mass is 10.2. The summed E-state index contributed by atoms with van der Waals surface area (Å²) in [5.41, 5.74) is 0.918. The Hall–Kier alpha value is -1.31. The van der Waals surface area contributed by atoms with Crippen LogP contribution in [0.3, 0.4) is 0 Å². The van der Waals surface area contributed by atoms with Gasteiger partial charge in [0.1, 0.15) is 5.82 Å². The molecule has 0 aliphatic heterocycles. The van der Waals surface area contributed by atoms with Gasteiger partial charge in [0.25, 0.3) is 0 Å². The van der Waals surface area contributed by atoms with Crippen molar-refractivity contribution >= 4 is 10.9 Å². The Morgan fingerprint density at radius 2 is 2.40 bits per heavy atom. The molecule has 49 valence electrons. The number of benzene rings is 1. The molecule has 1 heterocycles. The van der Waals surface area contributed by atoms with E-state index in [2.05, 4.69) is 11.1 Å². The molecule has 2 aromatic rings. The second-order valence-electron chi connectivity index (χ2n) is 2.13. The van der Waals surface area contributed by atoms with E-state index in [0.29, 0.717) is 0 Å². The number of aromatic nitrogens is 1. The molecule has 1 aromatic heterocycles. The minimum atomic E-state index is -0.313. The van der Waals surface area contributed by atoms with Crippen molar-refractivity contribution in [1.82, 2.24) is 4.98 Å². The topological polar surface area (TPSA) is 15.8 Å². The number of aromatic amines is 1. The van der Waals surface area contributed by atoms with Gasteiger partial charge in [-0.3, -0.25) is 0 Å². The van der Waals surface area contributed by atoms with Crippen molar-refractivity contribution in [2.75, 3.05) is 0 Å². The molecule has 2 heteroatoms. The van der Waals surface area contributed by atoms with Gasteiger partial charge in [0, 0.05) is 23.2 Å². The van der Waals surface area contributed by atoms with Crippen molar-refractivity contribution in [3.8, 4) is 0 Å². The normalized spacial score (nSPS) is 10.5. The molecule has 0 saturated heterocycles. The Kier molecular flexibility index (Phi) is 1.01. The predicted octanol–water partition coefficient (Wildman–Crippen LogP) is 2.11. The van der Waals surface area contributed by atoms with Crippen molar-refractivity contribution in [1.29, 1.82) is 0 Å². The Balaban J connectivity index is 2.86. The van der Waals surface area contributed by atoms with Crippen molar-refractivity contribution in [3.63, 3.8) is 0 Å². The molecule has 0 aliphatic rings. The monoisotopic (exact) mass is 134 g/mol. The van der Waals surface area contributed by atoms with Crippen LogP contribution in [0.1, 0.15) is 0 Å². The van der Waals surface area contributed by atoms with Crippen LogP contribution < -0.4 is 0 Å². The second kappa shape index (κ2) is 1.84. The Morgan fingerprint density at radius 1 is 1.50 bits per heavy atom. The zero-order valence-electron chi connectivity index (χ0n) is 5.19. The number of rotatable bonds is 0. The molecule has 2 rings (SSSR count). The van der Waals surface area contributed by atoms with E-state index < -0.39 is 0 Å². The number of fused-ring (bicyclic) bond motifs is 1. The van der Waals surface area contributed by atoms with Gasteiger partial charge in [-0.15, -0.1) is 0 Å². The van der Waals surface area contributed by atoms with Gasteiger partial charge in [0.15, 0.2) is 0 Å². The molecule has 0 saturated carbocycles. The minimum Gasteiger partial charge on any atom is -0.361 e. The van der Waals surface area contributed by atoms with E-state index in [1.807, 2.05) is 6.07 Å². The number of hydrogen-bond acceptors (Lipinski definition) is 0. The SMILES string of the molecule is Fc1[c]cc2[nH]ccc2c1. The molecule has 10 heavy (non-hydrogen) atoms. The molecule has 0 unspecified atom stereocenters. The highest BCUT2D eigenvalue weighted by Gasteiger charge is 1.94. The molecular formula is C8H5FN. The molecule has 0 atom stereocenters. The molecule has 0 spiro atoms. The summed E-state index contributed by atoms with van der Waals surface area (Å²) in [6.45, 7) is 0. The maximum Gasteiger partial charge on any atom is 0.131 e. The van der Waals surface area contributed by atoms with E-state index in [0.717, 1.165) is 10.9 Å². The standard InChI is InChI=1S/C8H5FN/c9-7-1-2-8-6(5-7)3-4-10-8/h2-5,10H. The average molecular weight is 134 g/mol. The number of halogens is 1. The third-order valence-corrected chi connectivity index (χ3v) is 1.45. The summed E-state index contributed by atoms with van der Waals surface area (Å²) in [4.78, 5) is 2.95. The van der Waals surface area contributed by atoms with Crippen LogP contribution >= 0.6 is 0 Å². The van der Waals surface area contributed by atoms with Crippen LogP contribution in [0, 0.1) is 11.9 Å². The van der Waals surface area contributed by atoms with Gasteiger partial charge in [-0.2, -0.15) is 0 Å². The van der Waals surface area contributed by atoms with Crippen LogP contribution in [0.25, 0.3) is 10.9 Å². The number of H-pyrrole nitrogens is 1. The first-order valence-electron chi connectivity index (χ1n) is 3.00. The van der Waals surface area contributed by atoms with E-state index in [1.54, 1.807) is 12.3 Å². The van der Waals surface area contributed by atoms with Crippen molar-refractivity contribution in [2.24, 2.45) is 0 Å². The molecule has 1 aromatic carbocycles. The summed E-state index contributed by atoms with van der Waals surface area (Å²) in [7, 11) is 0. The maximum atomic E-state index is 12.4. The van der Waals surface area contributed by atoms with Gasteiger partial charge >= 0.3 is 0 Å².